The second kappa shape index (κ2) is 12.0. The van der Waals surface area contributed by atoms with E-state index in [9.17, 15) is 4.79 Å². The molecule has 1 amide bonds. The van der Waals surface area contributed by atoms with Crippen LogP contribution >= 0.6 is 47.2 Å². The molecule has 4 rings (SSSR count). The average Bonchev–Trinajstić information content (AvgIpc) is 3.13. The molecule has 0 radical (unpaired) electrons. The number of thioether (sulfide) groups is 1. The number of carbonyl (C=O) groups is 1. The van der Waals surface area contributed by atoms with Gasteiger partial charge in [0.05, 0.1) is 28.8 Å². The second-order valence-electron chi connectivity index (χ2n) is 7.62. The van der Waals surface area contributed by atoms with Crippen LogP contribution in [0.5, 0.6) is 17.2 Å². The van der Waals surface area contributed by atoms with Crippen molar-refractivity contribution in [3.8, 4) is 17.2 Å². The number of amides is 1. The van der Waals surface area contributed by atoms with Crippen LogP contribution in [0, 0.1) is 0 Å². The van der Waals surface area contributed by atoms with Gasteiger partial charge < -0.3 is 14.2 Å². The van der Waals surface area contributed by atoms with E-state index in [1.165, 1.54) is 16.7 Å². The lowest BCUT2D eigenvalue weighted by atomic mass is 10.1. The Morgan fingerprint density at radius 3 is 2.31 bits per heavy atom. The molecule has 1 saturated heterocycles. The van der Waals surface area contributed by atoms with Gasteiger partial charge in [0.15, 0.2) is 15.8 Å². The highest BCUT2D eigenvalue weighted by Gasteiger charge is 2.33. The van der Waals surface area contributed by atoms with E-state index in [0.717, 1.165) is 11.3 Å². The maximum Gasteiger partial charge on any atom is 0.270 e. The van der Waals surface area contributed by atoms with E-state index < -0.39 is 0 Å². The Hall–Kier alpha value is -2.71. The van der Waals surface area contributed by atoms with Crippen molar-refractivity contribution in [3.05, 3.63) is 86.7 Å². The number of thiocarbonyl (C=S) groups is 1. The minimum atomic E-state index is -0.202. The van der Waals surface area contributed by atoms with E-state index in [-0.39, 0.29) is 5.91 Å². The standard InChI is InChI=1S/C27H23Cl2NO4S2/c1-3-32-21-11-9-20(10-12-21)30-26(31)24(36-27(30)35)15-18-13-22(29)25(23(14-18)33-4-2)34-16-17-5-7-19(28)8-6-17/h5-15H,3-4,16H2,1-2H3/b24-15+. The van der Waals surface area contributed by atoms with Crippen molar-refractivity contribution in [2.24, 2.45) is 0 Å². The molecule has 0 saturated carbocycles. The molecule has 0 atom stereocenters. The number of ether oxygens (including phenoxy) is 3. The summed E-state index contributed by atoms with van der Waals surface area (Å²) in [6.45, 7) is 5.10. The third kappa shape index (κ3) is 6.16. The van der Waals surface area contributed by atoms with E-state index in [0.29, 0.717) is 61.8 Å². The first-order chi connectivity index (χ1) is 17.4. The Balaban J connectivity index is 1.56. The van der Waals surface area contributed by atoms with Gasteiger partial charge in [-0.05, 0) is 79.6 Å². The predicted molar refractivity (Wildman–Crippen MR) is 152 cm³/mol. The van der Waals surface area contributed by atoms with Crippen molar-refractivity contribution in [2.45, 2.75) is 20.5 Å². The van der Waals surface area contributed by atoms with Crippen LogP contribution in [0.1, 0.15) is 25.0 Å². The van der Waals surface area contributed by atoms with Gasteiger partial charge in [0.1, 0.15) is 12.4 Å². The van der Waals surface area contributed by atoms with Crippen molar-refractivity contribution in [1.29, 1.82) is 0 Å². The summed E-state index contributed by atoms with van der Waals surface area (Å²) in [6.07, 6.45) is 1.76. The highest BCUT2D eigenvalue weighted by molar-refractivity contribution is 8.27. The number of benzene rings is 3. The highest BCUT2D eigenvalue weighted by atomic mass is 35.5. The number of nitrogens with zero attached hydrogens (tertiary/aromatic N) is 1. The van der Waals surface area contributed by atoms with Crippen LogP contribution in [0.2, 0.25) is 10.0 Å². The third-order valence-electron chi connectivity index (χ3n) is 5.13. The second-order valence-corrected chi connectivity index (χ2v) is 10.1. The molecule has 0 N–H and O–H groups in total. The molecule has 1 aliphatic heterocycles. The summed E-state index contributed by atoms with van der Waals surface area (Å²) >= 11 is 19.3. The predicted octanol–water partition coefficient (Wildman–Crippen LogP) is 7.78. The van der Waals surface area contributed by atoms with E-state index in [4.69, 9.17) is 49.6 Å². The van der Waals surface area contributed by atoms with Crippen LogP contribution in [0.15, 0.2) is 65.6 Å². The van der Waals surface area contributed by atoms with Crippen molar-refractivity contribution in [3.63, 3.8) is 0 Å². The van der Waals surface area contributed by atoms with E-state index >= 15 is 0 Å². The molecule has 0 aliphatic carbocycles. The van der Waals surface area contributed by atoms with E-state index in [2.05, 4.69) is 0 Å². The Labute approximate surface area is 229 Å². The van der Waals surface area contributed by atoms with Gasteiger partial charge in [-0.2, -0.15) is 0 Å². The van der Waals surface area contributed by atoms with Gasteiger partial charge in [0, 0.05) is 5.02 Å². The molecule has 1 aliphatic rings. The molecule has 5 nitrogen and oxygen atoms in total. The molecule has 3 aromatic carbocycles. The summed E-state index contributed by atoms with van der Waals surface area (Å²) in [5.41, 5.74) is 2.33. The van der Waals surface area contributed by atoms with E-state index in [1.54, 1.807) is 30.3 Å². The van der Waals surface area contributed by atoms with Crippen LogP contribution in [0.25, 0.3) is 6.08 Å². The summed E-state index contributed by atoms with van der Waals surface area (Å²) in [7, 11) is 0. The van der Waals surface area contributed by atoms with Crippen LogP contribution < -0.4 is 19.1 Å². The van der Waals surface area contributed by atoms with Crippen LogP contribution in [0.3, 0.4) is 0 Å². The summed E-state index contributed by atoms with van der Waals surface area (Å²) in [5, 5.41) is 1.03. The first kappa shape index (κ1) is 26.4. The molecule has 186 valence electrons. The zero-order valence-corrected chi connectivity index (χ0v) is 22.8. The van der Waals surface area contributed by atoms with E-state index in [1.807, 2.05) is 50.2 Å². The van der Waals surface area contributed by atoms with Crippen molar-refractivity contribution >= 4 is 69.2 Å². The Bertz CT molecular complexity index is 1290. The Morgan fingerprint density at radius 2 is 1.64 bits per heavy atom. The fraction of sp³-hybridized carbons (Fsp3) is 0.185. The van der Waals surface area contributed by atoms with Gasteiger partial charge >= 0.3 is 0 Å². The quantitative estimate of drug-likeness (QED) is 0.197. The summed E-state index contributed by atoms with van der Waals surface area (Å²) in [5.74, 6) is 1.46. The highest BCUT2D eigenvalue weighted by Crippen LogP contribution is 2.40. The molecular formula is C27H23Cl2NO4S2. The number of anilines is 1. The van der Waals surface area contributed by atoms with Crippen molar-refractivity contribution in [2.75, 3.05) is 18.1 Å². The summed E-state index contributed by atoms with van der Waals surface area (Å²) in [4.78, 5) is 15.2. The number of hydrogen-bond donors (Lipinski definition) is 0. The van der Waals surface area contributed by atoms with Gasteiger partial charge in [-0.3, -0.25) is 9.69 Å². The zero-order valence-electron chi connectivity index (χ0n) is 19.6. The molecule has 0 spiro atoms. The maximum absolute atomic E-state index is 13.2. The third-order valence-corrected chi connectivity index (χ3v) is 6.96. The molecular weight excluding hydrogens is 537 g/mol. The van der Waals surface area contributed by atoms with Crippen LogP contribution in [0.4, 0.5) is 5.69 Å². The number of halogens is 2. The molecule has 1 heterocycles. The minimum absolute atomic E-state index is 0.202. The molecule has 0 unspecified atom stereocenters. The zero-order chi connectivity index (χ0) is 25.7. The fourth-order valence-corrected chi connectivity index (χ4v) is 5.21. The molecule has 1 fully saturated rings. The lowest BCUT2D eigenvalue weighted by molar-refractivity contribution is -0.113. The minimum Gasteiger partial charge on any atom is -0.494 e. The average molecular weight is 561 g/mol. The summed E-state index contributed by atoms with van der Waals surface area (Å²) in [6, 6.07) is 18.2. The largest absolute Gasteiger partial charge is 0.494 e. The number of hydrogen-bond acceptors (Lipinski definition) is 6. The molecule has 9 heteroatoms. The Morgan fingerprint density at radius 1 is 0.944 bits per heavy atom. The molecule has 0 aromatic heterocycles. The SMILES string of the molecule is CCOc1ccc(N2C(=O)/C(=C\c3cc(Cl)c(OCc4ccc(Cl)cc4)c(OCC)c3)SC2=S)cc1. The summed E-state index contributed by atoms with van der Waals surface area (Å²) < 4.78 is 17.7. The van der Waals surface area contributed by atoms with Gasteiger partial charge in [0.2, 0.25) is 0 Å². The van der Waals surface area contributed by atoms with Crippen molar-refractivity contribution in [1.82, 2.24) is 0 Å². The number of carbonyl (C=O) groups excluding carboxylic acids is 1. The smallest absolute Gasteiger partial charge is 0.270 e. The first-order valence-corrected chi connectivity index (χ1v) is 13.2. The number of rotatable bonds is 9. The maximum atomic E-state index is 13.2. The lowest BCUT2D eigenvalue weighted by Crippen LogP contribution is -2.27. The molecule has 36 heavy (non-hydrogen) atoms. The normalized spacial score (nSPS) is 14.4. The van der Waals surface area contributed by atoms with Crippen molar-refractivity contribution < 1.29 is 19.0 Å². The van der Waals surface area contributed by atoms with Gasteiger partial charge in [-0.25, -0.2) is 0 Å². The molecule has 3 aromatic rings. The van der Waals surface area contributed by atoms with Crippen LogP contribution in [-0.2, 0) is 11.4 Å². The Kier molecular flexibility index (Phi) is 8.80. The molecule has 0 bridgehead atoms. The van der Waals surface area contributed by atoms with Gasteiger partial charge in [0.25, 0.3) is 5.91 Å². The first-order valence-electron chi connectivity index (χ1n) is 11.2. The van der Waals surface area contributed by atoms with Crippen LogP contribution in [-0.4, -0.2) is 23.4 Å². The van der Waals surface area contributed by atoms with Gasteiger partial charge in [-0.15, -0.1) is 0 Å². The van der Waals surface area contributed by atoms with Gasteiger partial charge in [-0.1, -0.05) is 59.3 Å². The monoisotopic (exact) mass is 559 g/mol. The lowest BCUT2D eigenvalue weighted by Gasteiger charge is -2.15. The fourth-order valence-electron chi connectivity index (χ4n) is 3.51. The topological polar surface area (TPSA) is 48.0 Å².